The molecule has 0 amide bonds. The van der Waals surface area contributed by atoms with Crippen LogP contribution in [0.25, 0.3) is 0 Å². The largest absolute Gasteiger partial charge is 0.505 e. The third kappa shape index (κ3) is 2.69. The maximum Gasteiger partial charge on any atom is 0.146 e. The second-order valence-corrected chi connectivity index (χ2v) is 2.34. The van der Waals surface area contributed by atoms with Crippen molar-refractivity contribution in [2.24, 2.45) is 0 Å². The van der Waals surface area contributed by atoms with Gasteiger partial charge in [-0.05, 0) is 13.2 Å². The molecule has 0 aliphatic rings. The van der Waals surface area contributed by atoms with E-state index in [1.165, 1.54) is 0 Å². The summed E-state index contributed by atoms with van der Waals surface area (Å²) in [7, 11) is 1.79. The molecule has 11 heavy (non-hydrogen) atoms. The Morgan fingerprint density at radius 2 is 2.36 bits per heavy atom. The van der Waals surface area contributed by atoms with Crippen LogP contribution < -0.4 is 0 Å². The summed E-state index contributed by atoms with van der Waals surface area (Å²) in [4.78, 5) is 0. The Morgan fingerprint density at radius 1 is 1.82 bits per heavy atom. The van der Waals surface area contributed by atoms with E-state index in [4.69, 9.17) is 16.9 Å². The summed E-state index contributed by atoms with van der Waals surface area (Å²) in [6.45, 7) is 1.70. The van der Waals surface area contributed by atoms with Crippen molar-refractivity contribution in [2.75, 3.05) is 0 Å². The van der Waals surface area contributed by atoms with Crippen molar-refractivity contribution in [1.29, 1.82) is 5.26 Å². The first-order valence-corrected chi connectivity index (χ1v) is 3.69. The van der Waals surface area contributed by atoms with Crippen molar-refractivity contribution in [3.05, 3.63) is 22.4 Å². The molecule has 0 rings (SSSR count). The molecule has 1 N–H and O–H groups in total. The number of halogens is 1. The predicted octanol–water partition coefficient (Wildman–Crippen LogP) is 1.52. The van der Waals surface area contributed by atoms with Gasteiger partial charge in [0.2, 0.25) is 0 Å². The minimum absolute atomic E-state index is 0.112. The van der Waals surface area contributed by atoms with E-state index in [2.05, 4.69) is 0 Å². The van der Waals surface area contributed by atoms with Crippen LogP contribution >= 0.6 is 11.6 Å². The summed E-state index contributed by atoms with van der Waals surface area (Å²) >= 11 is 5.57. The zero-order valence-corrected chi connectivity index (χ0v) is 7.31. The van der Waals surface area contributed by atoms with Crippen LogP contribution in [0.5, 0.6) is 0 Å². The second-order valence-electron chi connectivity index (χ2n) is 1.93. The van der Waals surface area contributed by atoms with Crippen molar-refractivity contribution < 1.29 is 5.11 Å². The number of aliphatic hydroxyl groups excluding tert-OH is 1. The number of rotatable bonds is 2. The molecule has 0 bridgehead atoms. The molecule has 0 radical (unpaired) electrons. The van der Waals surface area contributed by atoms with Gasteiger partial charge in [0.25, 0.3) is 0 Å². The average molecular weight is 169 g/mol. The number of hydrogen-bond donors (Lipinski definition) is 1. The maximum atomic E-state index is 9.23. The van der Waals surface area contributed by atoms with E-state index in [9.17, 15) is 5.11 Å². The van der Waals surface area contributed by atoms with E-state index in [1.807, 2.05) is 6.07 Å². The molecule has 0 aromatic carbocycles. The standard InChI is InChI=1S/C7H9BClNO/c1-2-6(9)7(11)5(3-8)4-10/h2,11H,3,8H2,1H3/b6-2+,7-5-. The zero-order valence-electron chi connectivity index (χ0n) is 6.56. The Labute approximate surface area is 72.2 Å². The molecule has 0 atom stereocenters. The minimum atomic E-state index is -0.112. The van der Waals surface area contributed by atoms with E-state index in [-0.39, 0.29) is 10.8 Å². The van der Waals surface area contributed by atoms with Crippen LogP contribution in [0, 0.1) is 11.3 Å². The van der Waals surface area contributed by atoms with E-state index in [0.29, 0.717) is 11.9 Å². The summed E-state index contributed by atoms with van der Waals surface area (Å²) in [6.07, 6.45) is 2.04. The summed E-state index contributed by atoms with van der Waals surface area (Å²) < 4.78 is 0. The van der Waals surface area contributed by atoms with Crippen molar-refractivity contribution in [3.8, 4) is 6.07 Å². The lowest BCUT2D eigenvalue weighted by Gasteiger charge is -1.98. The molecular formula is C7H9BClNO. The van der Waals surface area contributed by atoms with Gasteiger partial charge >= 0.3 is 0 Å². The van der Waals surface area contributed by atoms with Gasteiger partial charge in [-0.15, -0.1) is 0 Å². The molecule has 0 aromatic rings. The van der Waals surface area contributed by atoms with Gasteiger partial charge in [-0.2, -0.15) is 5.26 Å². The predicted molar refractivity (Wildman–Crippen MR) is 48.2 cm³/mol. The molecule has 0 aromatic heterocycles. The van der Waals surface area contributed by atoms with E-state index in [0.717, 1.165) is 0 Å². The van der Waals surface area contributed by atoms with Gasteiger partial charge < -0.3 is 5.11 Å². The Kier molecular flexibility index (Phi) is 4.48. The van der Waals surface area contributed by atoms with Gasteiger partial charge in [0.05, 0.1) is 16.7 Å². The topological polar surface area (TPSA) is 44.0 Å². The smallest absolute Gasteiger partial charge is 0.146 e. The molecule has 0 fully saturated rings. The van der Waals surface area contributed by atoms with E-state index >= 15 is 0 Å². The first kappa shape index (κ1) is 10.1. The highest BCUT2D eigenvalue weighted by atomic mass is 35.5. The van der Waals surface area contributed by atoms with Crippen LogP contribution in [-0.2, 0) is 0 Å². The summed E-state index contributed by atoms with van der Waals surface area (Å²) in [6, 6.07) is 1.87. The fourth-order valence-electron chi connectivity index (χ4n) is 0.580. The lowest BCUT2D eigenvalue weighted by molar-refractivity contribution is 0.425. The summed E-state index contributed by atoms with van der Waals surface area (Å²) in [5, 5.41) is 17.9. The number of hydrogen-bond acceptors (Lipinski definition) is 2. The molecule has 0 spiro atoms. The SMILES string of the molecule is BC/C(C#N)=C(O)\C(Cl)=C/C. The first-order valence-electron chi connectivity index (χ1n) is 3.31. The Balaban J connectivity index is 4.80. The molecule has 0 aliphatic heterocycles. The number of aliphatic hydroxyl groups is 1. The third-order valence-corrected chi connectivity index (χ3v) is 1.65. The van der Waals surface area contributed by atoms with Crippen molar-refractivity contribution in [3.63, 3.8) is 0 Å². The van der Waals surface area contributed by atoms with Crippen LogP contribution in [0.4, 0.5) is 0 Å². The zero-order chi connectivity index (χ0) is 8.85. The Bertz CT molecular complexity index is 239. The highest BCUT2D eigenvalue weighted by Gasteiger charge is 2.04. The fraction of sp³-hybridized carbons (Fsp3) is 0.286. The monoisotopic (exact) mass is 169 g/mol. The lowest BCUT2D eigenvalue weighted by Crippen LogP contribution is -1.88. The number of nitrogens with zero attached hydrogens (tertiary/aromatic N) is 1. The summed E-state index contributed by atoms with van der Waals surface area (Å²) in [5.41, 5.74) is 0.313. The second kappa shape index (κ2) is 4.87. The molecule has 2 nitrogen and oxygen atoms in total. The number of nitriles is 1. The maximum absolute atomic E-state index is 9.23. The molecule has 0 unspecified atom stereocenters. The fourth-order valence-corrected chi connectivity index (χ4v) is 0.694. The van der Waals surface area contributed by atoms with Crippen LogP contribution in [0.3, 0.4) is 0 Å². The van der Waals surface area contributed by atoms with Gasteiger partial charge in [-0.3, -0.25) is 0 Å². The van der Waals surface area contributed by atoms with Crippen molar-refractivity contribution in [1.82, 2.24) is 0 Å². The first-order chi connectivity index (χ1) is 5.17. The van der Waals surface area contributed by atoms with Crippen LogP contribution in [-0.4, -0.2) is 13.0 Å². The number of allylic oxidation sites excluding steroid dienone is 3. The molecule has 58 valence electrons. The molecular weight excluding hydrogens is 160 g/mol. The lowest BCUT2D eigenvalue weighted by atomic mass is 9.96. The van der Waals surface area contributed by atoms with Gasteiger partial charge in [0.15, 0.2) is 0 Å². The average Bonchev–Trinajstić information content (AvgIpc) is 2.05. The van der Waals surface area contributed by atoms with Gasteiger partial charge in [0, 0.05) is 0 Å². The van der Waals surface area contributed by atoms with Crippen molar-refractivity contribution in [2.45, 2.75) is 13.2 Å². The van der Waals surface area contributed by atoms with Gasteiger partial charge in [0.1, 0.15) is 13.6 Å². The Hall–Kier alpha value is -0.875. The molecule has 0 saturated carbocycles. The minimum Gasteiger partial charge on any atom is -0.505 e. The highest BCUT2D eigenvalue weighted by Crippen LogP contribution is 2.16. The normalized spacial score (nSPS) is 13.7. The molecule has 0 aliphatic carbocycles. The van der Waals surface area contributed by atoms with Crippen LogP contribution in [0.1, 0.15) is 6.92 Å². The molecule has 0 saturated heterocycles. The van der Waals surface area contributed by atoms with E-state index < -0.39 is 0 Å². The molecule has 4 heteroatoms. The quantitative estimate of drug-likeness (QED) is 0.295. The molecule has 0 heterocycles. The van der Waals surface area contributed by atoms with Crippen molar-refractivity contribution >= 4 is 19.4 Å². The van der Waals surface area contributed by atoms with Gasteiger partial charge in [-0.1, -0.05) is 17.7 Å². The Morgan fingerprint density at radius 3 is 2.64 bits per heavy atom. The third-order valence-electron chi connectivity index (χ3n) is 1.25. The highest BCUT2D eigenvalue weighted by molar-refractivity contribution is 6.31. The van der Waals surface area contributed by atoms with Crippen LogP contribution in [0.2, 0.25) is 6.32 Å². The summed E-state index contributed by atoms with van der Waals surface area (Å²) in [5.74, 6) is -0.112. The van der Waals surface area contributed by atoms with Gasteiger partial charge in [-0.25, -0.2) is 0 Å². The van der Waals surface area contributed by atoms with Crippen LogP contribution in [0.15, 0.2) is 22.4 Å². The van der Waals surface area contributed by atoms with E-state index in [1.54, 1.807) is 20.8 Å².